The Morgan fingerprint density at radius 3 is 1.46 bits per heavy atom. The van der Waals surface area contributed by atoms with Gasteiger partial charge in [-0.3, -0.25) is 0 Å². The van der Waals surface area contributed by atoms with Crippen molar-refractivity contribution in [1.82, 2.24) is 0 Å². The van der Waals surface area contributed by atoms with Crippen LogP contribution in [0.2, 0.25) is 0 Å². The second-order valence-electron chi connectivity index (χ2n) is 8.82. The summed E-state index contributed by atoms with van der Waals surface area (Å²) in [6, 6.07) is 4.54. The lowest BCUT2D eigenvalue weighted by atomic mass is 9.94. The van der Waals surface area contributed by atoms with Crippen LogP contribution in [0.3, 0.4) is 0 Å². The molecule has 0 aromatic heterocycles. The van der Waals surface area contributed by atoms with Crippen LogP contribution in [0.15, 0.2) is 18.7 Å². The molecule has 0 aliphatic rings. The molecule has 0 spiro atoms. The molecular formula is C28H48. The topological polar surface area (TPSA) is 0 Å². The van der Waals surface area contributed by atoms with Gasteiger partial charge in [-0.05, 0) is 48.9 Å². The molecule has 0 aliphatic heterocycles. The zero-order chi connectivity index (χ0) is 20.5. The number of aryl methyl sites for hydroxylation is 1. The molecule has 0 N–H and O–H groups in total. The smallest absolute Gasteiger partial charge is 0.0230 e. The summed E-state index contributed by atoms with van der Waals surface area (Å²) in [6.07, 6.45) is 26.2. The highest BCUT2D eigenvalue weighted by molar-refractivity contribution is 5.55. The Bertz CT molecular complexity index is 511. The van der Waals surface area contributed by atoms with E-state index in [2.05, 4.69) is 39.5 Å². The molecule has 0 fully saturated rings. The van der Waals surface area contributed by atoms with Crippen molar-refractivity contribution in [1.29, 1.82) is 0 Å². The van der Waals surface area contributed by atoms with Gasteiger partial charge in [0.1, 0.15) is 0 Å². The molecule has 0 heteroatoms. The van der Waals surface area contributed by atoms with Crippen LogP contribution < -0.4 is 0 Å². The van der Waals surface area contributed by atoms with Gasteiger partial charge in [0, 0.05) is 0 Å². The third kappa shape index (κ3) is 11.1. The number of benzene rings is 1. The minimum Gasteiger partial charge on any atom is -0.0985 e. The minimum absolute atomic E-state index is 1.24. The largest absolute Gasteiger partial charge is 0.0985 e. The quantitative estimate of drug-likeness (QED) is 0.221. The van der Waals surface area contributed by atoms with Crippen molar-refractivity contribution >= 4 is 6.08 Å². The van der Waals surface area contributed by atoms with Crippen molar-refractivity contribution in [2.45, 2.75) is 130 Å². The Morgan fingerprint density at radius 2 is 1.04 bits per heavy atom. The van der Waals surface area contributed by atoms with Crippen LogP contribution in [0, 0.1) is 13.8 Å². The number of hydrogen-bond donors (Lipinski definition) is 0. The fourth-order valence-corrected chi connectivity index (χ4v) is 4.25. The fraction of sp³-hybridized carbons (Fsp3) is 0.714. The molecule has 160 valence electrons. The van der Waals surface area contributed by atoms with Gasteiger partial charge in [-0.2, -0.15) is 0 Å². The Balaban J connectivity index is 1.90. The zero-order valence-electron chi connectivity index (χ0n) is 19.5. The molecule has 0 amide bonds. The predicted molar refractivity (Wildman–Crippen MR) is 129 cm³/mol. The molecule has 0 bridgehead atoms. The van der Waals surface area contributed by atoms with Crippen molar-refractivity contribution in [3.05, 3.63) is 41.0 Å². The molecule has 0 nitrogen and oxygen atoms in total. The SMILES string of the molecule is C=Cc1ccc(CCCCCCCCCCCCCCCCCC)c(C)c1C. The van der Waals surface area contributed by atoms with Crippen LogP contribution in [0.1, 0.15) is 132 Å². The van der Waals surface area contributed by atoms with Crippen molar-refractivity contribution in [3.8, 4) is 0 Å². The van der Waals surface area contributed by atoms with E-state index in [1.807, 2.05) is 6.08 Å². The molecule has 0 saturated carbocycles. The van der Waals surface area contributed by atoms with Crippen LogP contribution in [-0.4, -0.2) is 0 Å². The first-order chi connectivity index (χ1) is 13.7. The van der Waals surface area contributed by atoms with Crippen molar-refractivity contribution in [3.63, 3.8) is 0 Å². The summed E-state index contributed by atoms with van der Waals surface area (Å²) in [5, 5.41) is 0. The van der Waals surface area contributed by atoms with E-state index >= 15 is 0 Å². The second kappa shape index (κ2) is 16.9. The molecule has 1 rings (SSSR count). The maximum atomic E-state index is 3.91. The summed E-state index contributed by atoms with van der Waals surface area (Å²) in [5.74, 6) is 0. The van der Waals surface area contributed by atoms with Crippen LogP contribution in [0.4, 0.5) is 0 Å². The molecule has 0 unspecified atom stereocenters. The maximum Gasteiger partial charge on any atom is -0.0230 e. The highest BCUT2D eigenvalue weighted by Gasteiger charge is 2.04. The summed E-state index contributed by atoms with van der Waals surface area (Å²) in [6.45, 7) is 10.7. The lowest BCUT2D eigenvalue weighted by Crippen LogP contribution is -1.95. The van der Waals surface area contributed by atoms with Gasteiger partial charge in [-0.25, -0.2) is 0 Å². The molecule has 28 heavy (non-hydrogen) atoms. The van der Waals surface area contributed by atoms with E-state index in [0.29, 0.717) is 0 Å². The van der Waals surface area contributed by atoms with E-state index in [1.165, 1.54) is 131 Å². The first kappa shape index (κ1) is 25.0. The number of rotatable bonds is 18. The Kier molecular flexibility index (Phi) is 15.1. The summed E-state index contributed by atoms with van der Waals surface area (Å²) in [4.78, 5) is 0. The van der Waals surface area contributed by atoms with Crippen LogP contribution in [0.5, 0.6) is 0 Å². The van der Waals surface area contributed by atoms with Crippen LogP contribution in [0.25, 0.3) is 6.08 Å². The van der Waals surface area contributed by atoms with Crippen molar-refractivity contribution < 1.29 is 0 Å². The molecule has 1 aromatic rings. The average Bonchev–Trinajstić information content (AvgIpc) is 2.70. The van der Waals surface area contributed by atoms with E-state index < -0.39 is 0 Å². The normalized spacial score (nSPS) is 11.1. The molecule has 0 atom stereocenters. The van der Waals surface area contributed by atoms with Gasteiger partial charge >= 0.3 is 0 Å². The van der Waals surface area contributed by atoms with Crippen molar-refractivity contribution in [2.24, 2.45) is 0 Å². The molecule has 0 aliphatic carbocycles. The third-order valence-corrected chi connectivity index (χ3v) is 6.46. The molecule has 0 radical (unpaired) electrons. The van der Waals surface area contributed by atoms with Gasteiger partial charge in [-0.15, -0.1) is 0 Å². The lowest BCUT2D eigenvalue weighted by Gasteiger charge is -2.11. The lowest BCUT2D eigenvalue weighted by molar-refractivity contribution is 0.529. The first-order valence-corrected chi connectivity index (χ1v) is 12.4. The minimum atomic E-state index is 1.24. The van der Waals surface area contributed by atoms with E-state index in [0.717, 1.165) is 0 Å². The van der Waals surface area contributed by atoms with E-state index in [-0.39, 0.29) is 0 Å². The first-order valence-electron chi connectivity index (χ1n) is 12.4. The van der Waals surface area contributed by atoms with Gasteiger partial charge in [0.25, 0.3) is 0 Å². The van der Waals surface area contributed by atoms with Gasteiger partial charge in [0.15, 0.2) is 0 Å². The highest BCUT2D eigenvalue weighted by Crippen LogP contribution is 2.21. The Labute approximate surface area is 177 Å². The standard InChI is InChI=1S/C28H48/c1-5-7-8-9-10-11-12-13-14-15-16-17-18-19-20-21-22-28-24-23-27(6-2)25(3)26(28)4/h6,23-24H,2,5,7-22H2,1,3-4H3. The average molecular weight is 385 g/mol. The van der Waals surface area contributed by atoms with E-state index in [9.17, 15) is 0 Å². The molecular weight excluding hydrogens is 336 g/mol. The number of hydrogen-bond acceptors (Lipinski definition) is 0. The summed E-state index contributed by atoms with van der Waals surface area (Å²) in [5.41, 5.74) is 5.70. The van der Waals surface area contributed by atoms with Crippen molar-refractivity contribution in [2.75, 3.05) is 0 Å². The van der Waals surface area contributed by atoms with Gasteiger partial charge in [-0.1, -0.05) is 128 Å². The predicted octanol–water partition coefficient (Wildman–Crippen LogP) is 9.75. The molecule has 0 heterocycles. The van der Waals surface area contributed by atoms with Gasteiger partial charge in [0.05, 0.1) is 0 Å². The third-order valence-electron chi connectivity index (χ3n) is 6.46. The molecule has 0 saturated heterocycles. The monoisotopic (exact) mass is 384 g/mol. The van der Waals surface area contributed by atoms with Gasteiger partial charge < -0.3 is 0 Å². The maximum absolute atomic E-state index is 3.91. The highest BCUT2D eigenvalue weighted by atomic mass is 14.1. The Morgan fingerprint density at radius 1 is 0.607 bits per heavy atom. The summed E-state index contributed by atoms with van der Waals surface area (Å²) < 4.78 is 0. The van der Waals surface area contributed by atoms with Gasteiger partial charge in [0.2, 0.25) is 0 Å². The van der Waals surface area contributed by atoms with Crippen LogP contribution >= 0.6 is 0 Å². The van der Waals surface area contributed by atoms with E-state index in [4.69, 9.17) is 0 Å². The van der Waals surface area contributed by atoms with Crippen LogP contribution in [-0.2, 0) is 6.42 Å². The molecule has 1 aromatic carbocycles. The zero-order valence-corrected chi connectivity index (χ0v) is 19.5. The fourth-order valence-electron chi connectivity index (χ4n) is 4.25. The second-order valence-corrected chi connectivity index (χ2v) is 8.82. The number of unbranched alkanes of at least 4 members (excludes halogenated alkanes) is 15. The Hall–Kier alpha value is -1.04. The summed E-state index contributed by atoms with van der Waals surface area (Å²) >= 11 is 0. The van der Waals surface area contributed by atoms with E-state index in [1.54, 1.807) is 0 Å². The summed E-state index contributed by atoms with van der Waals surface area (Å²) in [7, 11) is 0.